The monoisotopic (exact) mass is 438 g/mol. The first-order chi connectivity index (χ1) is 15.6. The summed E-state index contributed by atoms with van der Waals surface area (Å²) >= 11 is 0. The number of hydrogen-bond acceptors (Lipinski definition) is 5. The summed E-state index contributed by atoms with van der Waals surface area (Å²) in [6.45, 7) is 6.65. The van der Waals surface area contributed by atoms with Crippen molar-refractivity contribution in [2.24, 2.45) is 5.92 Å². The molecule has 172 valence electrons. The minimum atomic E-state index is -0.0258. The highest BCUT2D eigenvalue weighted by molar-refractivity contribution is 5.73. The van der Waals surface area contributed by atoms with E-state index in [1.807, 2.05) is 19.2 Å². The molecule has 1 unspecified atom stereocenters. The molecule has 4 rings (SSSR count). The van der Waals surface area contributed by atoms with Gasteiger partial charge in [-0.25, -0.2) is 4.79 Å². The summed E-state index contributed by atoms with van der Waals surface area (Å²) in [5.74, 6) is 1.32. The zero-order chi connectivity index (χ0) is 22.3. The second-order valence-corrected chi connectivity index (χ2v) is 8.61. The zero-order valence-corrected chi connectivity index (χ0v) is 19.1. The Labute approximate surface area is 190 Å². The van der Waals surface area contributed by atoms with Crippen LogP contribution in [-0.2, 0) is 11.3 Å². The lowest BCUT2D eigenvalue weighted by Gasteiger charge is -2.29. The number of ether oxygens (including phenoxy) is 2. The molecule has 2 aliphatic heterocycles. The smallest absolute Gasteiger partial charge is 0.317 e. The van der Waals surface area contributed by atoms with Crippen molar-refractivity contribution >= 4 is 17.4 Å². The van der Waals surface area contributed by atoms with Gasteiger partial charge in [0.15, 0.2) is 0 Å². The van der Waals surface area contributed by atoms with Gasteiger partial charge in [0.1, 0.15) is 5.75 Å². The SMILES string of the molecule is COc1cccc(N2CCC(CNC(=O)N(C)Cc3ccc(N4CCOCC4)cc3)C2)c1. The van der Waals surface area contributed by atoms with Gasteiger partial charge in [-0.1, -0.05) is 18.2 Å². The summed E-state index contributed by atoms with van der Waals surface area (Å²) in [5.41, 5.74) is 3.52. The molecule has 0 spiro atoms. The number of urea groups is 1. The summed E-state index contributed by atoms with van der Waals surface area (Å²) in [4.78, 5) is 19.1. The van der Waals surface area contributed by atoms with Crippen LogP contribution in [-0.4, -0.2) is 71.0 Å². The molecule has 2 aromatic rings. The second-order valence-electron chi connectivity index (χ2n) is 8.61. The van der Waals surface area contributed by atoms with Crippen LogP contribution < -0.4 is 19.9 Å². The average Bonchev–Trinajstić information content (AvgIpc) is 3.33. The number of methoxy groups -OCH3 is 1. The number of nitrogens with zero attached hydrogens (tertiary/aromatic N) is 3. The number of nitrogens with one attached hydrogen (secondary N) is 1. The van der Waals surface area contributed by atoms with Gasteiger partial charge in [0, 0.05) is 63.8 Å². The molecule has 2 amide bonds. The largest absolute Gasteiger partial charge is 0.497 e. The molecule has 0 aromatic heterocycles. The van der Waals surface area contributed by atoms with Crippen molar-refractivity contribution in [1.29, 1.82) is 0 Å². The third-order valence-electron chi connectivity index (χ3n) is 6.33. The first-order valence-electron chi connectivity index (χ1n) is 11.4. The van der Waals surface area contributed by atoms with Crippen molar-refractivity contribution in [1.82, 2.24) is 10.2 Å². The summed E-state index contributed by atoms with van der Waals surface area (Å²) < 4.78 is 10.8. The normalized spacial score (nSPS) is 18.5. The van der Waals surface area contributed by atoms with Crippen LogP contribution in [0.4, 0.5) is 16.2 Å². The molecular formula is C25H34N4O3. The van der Waals surface area contributed by atoms with Crippen LogP contribution >= 0.6 is 0 Å². The van der Waals surface area contributed by atoms with Crippen molar-refractivity contribution in [2.75, 3.05) is 69.9 Å². The average molecular weight is 439 g/mol. The Bertz CT molecular complexity index is 883. The van der Waals surface area contributed by atoms with Crippen LogP contribution in [0.25, 0.3) is 0 Å². The first kappa shape index (κ1) is 22.3. The van der Waals surface area contributed by atoms with Crippen molar-refractivity contribution in [3.8, 4) is 5.75 Å². The Kier molecular flexibility index (Phi) is 7.37. The Balaban J connectivity index is 1.22. The van der Waals surface area contributed by atoms with Crippen LogP contribution in [0, 0.1) is 5.92 Å². The molecule has 2 heterocycles. The number of amides is 2. The number of anilines is 2. The van der Waals surface area contributed by atoms with Crippen LogP contribution in [0.1, 0.15) is 12.0 Å². The predicted octanol–water partition coefficient (Wildman–Crippen LogP) is 3.20. The van der Waals surface area contributed by atoms with Gasteiger partial charge in [-0.3, -0.25) is 0 Å². The Morgan fingerprint density at radius 3 is 2.62 bits per heavy atom. The Hall–Kier alpha value is -2.93. The van der Waals surface area contributed by atoms with Crippen LogP contribution in [0.3, 0.4) is 0 Å². The number of carbonyl (C=O) groups is 1. The van der Waals surface area contributed by atoms with E-state index in [0.29, 0.717) is 19.0 Å². The molecule has 32 heavy (non-hydrogen) atoms. The molecule has 0 saturated carbocycles. The van der Waals surface area contributed by atoms with Gasteiger partial charge in [0.05, 0.1) is 20.3 Å². The maximum Gasteiger partial charge on any atom is 0.317 e. The topological polar surface area (TPSA) is 57.3 Å². The standard InChI is InChI=1S/C25H34N4O3/c1-27(18-20-6-8-22(9-7-20)28-12-14-32-15-13-28)25(30)26-17-21-10-11-29(19-21)23-4-3-5-24(16-23)31-2/h3-9,16,21H,10-15,17-19H2,1-2H3,(H,26,30). The summed E-state index contributed by atoms with van der Waals surface area (Å²) in [6.07, 6.45) is 1.07. The quantitative estimate of drug-likeness (QED) is 0.720. The van der Waals surface area contributed by atoms with E-state index < -0.39 is 0 Å². The molecule has 2 saturated heterocycles. The Morgan fingerprint density at radius 1 is 1.09 bits per heavy atom. The molecule has 7 heteroatoms. The maximum absolute atomic E-state index is 12.6. The van der Waals surface area contributed by atoms with Gasteiger partial charge in [-0.15, -0.1) is 0 Å². The molecule has 2 aromatic carbocycles. The predicted molar refractivity (Wildman–Crippen MR) is 128 cm³/mol. The summed E-state index contributed by atoms with van der Waals surface area (Å²) in [5, 5.41) is 3.12. The summed E-state index contributed by atoms with van der Waals surface area (Å²) in [6, 6.07) is 16.6. The zero-order valence-electron chi connectivity index (χ0n) is 19.1. The number of morpholine rings is 1. The van der Waals surface area contributed by atoms with Gasteiger partial charge in [-0.05, 0) is 42.2 Å². The van der Waals surface area contributed by atoms with E-state index in [4.69, 9.17) is 9.47 Å². The van der Waals surface area contributed by atoms with E-state index in [-0.39, 0.29) is 6.03 Å². The number of benzene rings is 2. The lowest BCUT2D eigenvalue weighted by molar-refractivity contribution is 0.122. The molecule has 7 nitrogen and oxygen atoms in total. The van der Waals surface area contributed by atoms with Crippen LogP contribution in [0.15, 0.2) is 48.5 Å². The van der Waals surface area contributed by atoms with Gasteiger partial charge >= 0.3 is 6.03 Å². The van der Waals surface area contributed by atoms with Crippen molar-refractivity contribution < 1.29 is 14.3 Å². The molecule has 0 radical (unpaired) electrons. The van der Waals surface area contributed by atoms with E-state index >= 15 is 0 Å². The first-order valence-corrected chi connectivity index (χ1v) is 11.4. The van der Waals surface area contributed by atoms with Gasteiger partial charge in [0.25, 0.3) is 0 Å². The molecule has 2 aliphatic rings. The van der Waals surface area contributed by atoms with E-state index in [0.717, 1.165) is 57.1 Å². The second kappa shape index (κ2) is 10.6. The molecular weight excluding hydrogens is 404 g/mol. The fraction of sp³-hybridized carbons (Fsp3) is 0.480. The number of rotatable bonds is 7. The Morgan fingerprint density at radius 2 is 1.88 bits per heavy atom. The third kappa shape index (κ3) is 5.65. The molecule has 1 atom stereocenters. The minimum absolute atomic E-state index is 0.0258. The third-order valence-corrected chi connectivity index (χ3v) is 6.33. The minimum Gasteiger partial charge on any atom is -0.497 e. The lowest BCUT2D eigenvalue weighted by Crippen LogP contribution is -2.39. The highest BCUT2D eigenvalue weighted by Gasteiger charge is 2.24. The van der Waals surface area contributed by atoms with Gasteiger partial charge in [0.2, 0.25) is 0 Å². The fourth-order valence-electron chi connectivity index (χ4n) is 4.39. The van der Waals surface area contributed by atoms with Crippen molar-refractivity contribution in [3.05, 3.63) is 54.1 Å². The van der Waals surface area contributed by atoms with E-state index in [2.05, 4.69) is 51.5 Å². The highest BCUT2D eigenvalue weighted by Crippen LogP contribution is 2.26. The molecule has 2 fully saturated rings. The van der Waals surface area contributed by atoms with Gasteiger partial charge < -0.3 is 29.5 Å². The van der Waals surface area contributed by atoms with E-state index in [1.165, 1.54) is 11.4 Å². The fourth-order valence-corrected chi connectivity index (χ4v) is 4.39. The molecule has 1 N–H and O–H groups in total. The summed E-state index contributed by atoms with van der Waals surface area (Å²) in [7, 11) is 3.54. The van der Waals surface area contributed by atoms with E-state index in [1.54, 1.807) is 12.0 Å². The maximum atomic E-state index is 12.6. The number of carbonyl (C=O) groups excluding carboxylic acids is 1. The van der Waals surface area contributed by atoms with Crippen molar-refractivity contribution in [3.63, 3.8) is 0 Å². The number of hydrogen-bond donors (Lipinski definition) is 1. The molecule has 0 bridgehead atoms. The van der Waals surface area contributed by atoms with Crippen LogP contribution in [0.5, 0.6) is 5.75 Å². The molecule has 0 aliphatic carbocycles. The van der Waals surface area contributed by atoms with Crippen molar-refractivity contribution in [2.45, 2.75) is 13.0 Å². The lowest BCUT2D eigenvalue weighted by atomic mass is 10.1. The van der Waals surface area contributed by atoms with Crippen LogP contribution in [0.2, 0.25) is 0 Å². The van der Waals surface area contributed by atoms with Gasteiger partial charge in [-0.2, -0.15) is 0 Å². The highest BCUT2D eigenvalue weighted by atomic mass is 16.5. The van der Waals surface area contributed by atoms with E-state index in [9.17, 15) is 4.79 Å².